The molecule has 0 bridgehead atoms. The number of anilines is 2. The Balaban J connectivity index is 1.71. The number of nitrogens with zero attached hydrogens (tertiary/aromatic N) is 3. The van der Waals surface area contributed by atoms with Crippen molar-refractivity contribution < 1.29 is 0 Å². The molecular formula is C16H26N4. The van der Waals surface area contributed by atoms with Gasteiger partial charge in [-0.3, -0.25) is 0 Å². The number of likely N-dealkylation sites (tertiary alicyclic amines) is 1. The van der Waals surface area contributed by atoms with Gasteiger partial charge in [-0.25, -0.2) is 4.98 Å². The van der Waals surface area contributed by atoms with Gasteiger partial charge in [0.05, 0.1) is 0 Å². The second-order valence-corrected chi connectivity index (χ2v) is 6.11. The molecule has 1 N–H and O–H groups in total. The first kappa shape index (κ1) is 13.7. The van der Waals surface area contributed by atoms with E-state index in [9.17, 15) is 0 Å². The Bertz CT molecular complexity index is 448. The lowest BCUT2D eigenvalue weighted by Crippen LogP contribution is -2.52. The number of hydrogen-bond acceptors (Lipinski definition) is 4. The monoisotopic (exact) mass is 274 g/mol. The molecule has 2 fully saturated rings. The number of hydrogen-bond donors (Lipinski definition) is 1. The average Bonchev–Trinajstić information content (AvgIpc) is 2.48. The minimum Gasteiger partial charge on any atom is -0.371 e. The number of rotatable bonds is 3. The van der Waals surface area contributed by atoms with Crippen LogP contribution in [0.3, 0.4) is 0 Å². The molecule has 110 valence electrons. The summed E-state index contributed by atoms with van der Waals surface area (Å²) in [7, 11) is 2.29. The zero-order valence-corrected chi connectivity index (χ0v) is 12.7. The highest BCUT2D eigenvalue weighted by Gasteiger charge is 2.34. The van der Waals surface area contributed by atoms with Crippen LogP contribution in [0.1, 0.15) is 26.2 Å². The van der Waals surface area contributed by atoms with E-state index in [1.165, 1.54) is 44.6 Å². The number of aromatic nitrogens is 1. The molecule has 0 saturated carbocycles. The highest BCUT2D eigenvalue weighted by Crippen LogP contribution is 2.32. The van der Waals surface area contributed by atoms with E-state index in [2.05, 4.69) is 46.2 Å². The van der Waals surface area contributed by atoms with Crippen molar-refractivity contribution >= 4 is 11.5 Å². The standard InChI is InChI=1S/C16H26N4/c1-3-17-16-11-14(6-8-18-16)20-10-7-15-13(12-20)5-4-9-19(15)2/h6,8,11,13,15H,3-5,7,9-10,12H2,1-2H3,(H,17,18). The molecule has 2 atom stereocenters. The van der Waals surface area contributed by atoms with Gasteiger partial charge in [-0.15, -0.1) is 0 Å². The Kier molecular flexibility index (Phi) is 4.10. The lowest BCUT2D eigenvalue weighted by Gasteiger charge is -2.46. The Morgan fingerprint density at radius 1 is 1.35 bits per heavy atom. The predicted molar refractivity (Wildman–Crippen MR) is 84.4 cm³/mol. The van der Waals surface area contributed by atoms with Gasteiger partial charge in [-0.1, -0.05) is 0 Å². The summed E-state index contributed by atoms with van der Waals surface area (Å²) in [5.74, 6) is 1.83. The fourth-order valence-corrected chi connectivity index (χ4v) is 3.78. The molecule has 0 aromatic carbocycles. The van der Waals surface area contributed by atoms with Crippen LogP contribution in [0.15, 0.2) is 18.3 Å². The van der Waals surface area contributed by atoms with Crippen molar-refractivity contribution in [1.82, 2.24) is 9.88 Å². The van der Waals surface area contributed by atoms with Crippen LogP contribution < -0.4 is 10.2 Å². The lowest BCUT2D eigenvalue weighted by atomic mass is 9.84. The van der Waals surface area contributed by atoms with Crippen molar-refractivity contribution in [2.45, 2.75) is 32.2 Å². The summed E-state index contributed by atoms with van der Waals surface area (Å²) in [5.41, 5.74) is 1.32. The molecule has 1 aromatic heterocycles. The number of piperidine rings is 2. The van der Waals surface area contributed by atoms with Crippen LogP contribution in [0.25, 0.3) is 0 Å². The van der Waals surface area contributed by atoms with E-state index in [0.717, 1.165) is 24.3 Å². The van der Waals surface area contributed by atoms with Gasteiger partial charge in [0, 0.05) is 43.6 Å². The maximum Gasteiger partial charge on any atom is 0.127 e. The molecule has 4 nitrogen and oxygen atoms in total. The van der Waals surface area contributed by atoms with Gasteiger partial charge in [0.25, 0.3) is 0 Å². The Labute approximate surface area is 122 Å². The van der Waals surface area contributed by atoms with Crippen LogP contribution >= 0.6 is 0 Å². The molecule has 2 aliphatic rings. The molecular weight excluding hydrogens is 248 g/mol. The molecule has 3 heterocycles. The molecule has 3 rings (SSSR count). The quantitative estimate of drug-likeness (QED) is 0.917. The second-order valence-electron chi connectivity index (χ2n) is 6.11. The van der Waals surface area contributed by atoms with E-state index in [-0.39, 0.29) is 0 Å². The summed E-state index contributed by atoms with van der Waals surface area (Å²) >= 11 is 0. The maximum atomic E-state index is 4.37. The fraction of sp³-hybridized carbons (Fsp3) is 0.688. The van der Waals surface area contributed by atoms with E-state index in [1.54, 1.807) is 0 Å². The van der Waals surface area contributed by atoms with Crippen LogP contribution in [-0.2, 0) is 0 Å². The number of fused-ring (bicyclic) bond motifs is 1. The second kappa shape index (κ2) is 6.00. The molecule has 0 aliphatic carbocycles. The van der Waals surface area contributed by atoms with Crippen molar-refractivity contribution in [2.24, 2.45) is 5.92 Å². The molecule has 2 saturated heterocycles. The largest absolute Gasteiger partial charge is 0.371 e. The Morgan fingerprint density at radius 2 is 2.25 bits per heavy atom. The third-order valence-electron chi connectivity index (χ3n) is 4.81. The number of pyridine rings is 1. The summed E-state index contributed by atoms with van der Waals surface area (Å²) in [4.78, 5) is 9.49. The van der Waals surface area contributed by atoms with Crippen LogP contribution in [-0.4, -0.2) is 49.2 Å². The molecule has 20 heavy (non-hydrogen) atoms. The summed E-state index contributed by atoms with van der Waals surface area (Å²) in [6.07, 6.45) is 5.95. The van der Waals surface area contributed by atoms with Crippen molar-refractivity contribution in [1.29, 1.82) is 0 Å². The van der Waals surface area contributed by atoms with Crippen molar-refractivity contribution in [2.75, 3.05) is 43.4 Å². The minimum atomic E-state index is 0.801. The van der Waals surface area contributed by atoms with Gasteiger partial charge in [-0.2, -0.15) is 0 Å². The van der Waals surface area contributed by atoms with E-state index in [0.29, 0.717) is 0 Å². The summed E-state index contributed by atoms with van der Waals surface area (Å²) in [6.45, 7) is 6.68. The van der Waals surface area contributed by atoms with Crippen LogP contribution in [0, 0.1) is 5.92 Å². The van der Waals surface area contributed by atoms with Gasteiger partial charge in [0.2, 0.25) is 0 Å². The Hall–Kier alpha value is -1.29. The van der Waals surface area contributed by atoms with Crippen molar-refractivity contribution in [3.05, 3.63) is 18.3 Å². The van der Waals surface area contributed by atoms with Crippen LogP contribution in [0.2, 0.25) is 0 Å². The van der Waals surface area contributed by atoms with E-state index >= 15 is 0 Å². The van der Waals surface area contributed by atoms with Gasteiger partial charge in [-0.05, 0) is 51.8 Å². The lowest BCUT2D eigenvalue weighted by molar-refractivity contribution is 0.102. The number of nitrogens with one attached hydrogen (secondary N) is 1. The average molecular weight is 274 g/mol. The highest BCUT2D eigenvalue weighted by atomic mass is 15.2. The SMILES string of the molecule is CCNc1cc(N2CCC3C(CCCN3C)C2)ccn1. The predicted octanol–water partition coefficient (Wildman–Crippen LogP) is 2.43. The molecule has 0 spiro atoms. The van der Waals surface area contributed by atoms with E-state index < -0.39 is 0 Å². The Morgan fingerprint density at radius 3 is 3.10 bits per heavy atom. The third kappa shape index (κ3) is 2.75. The third-order valence-corrected chi connectivity index (χ3v) is 4.81. The molecule has 0 radical (unpaired) electrons. The zero-order valence-electron chi connectivity index (χ0n) is 12.7. The topological polar surface area (TPSA) is 31.4 Å². The van der Waals surface area contributed by atoms with Gasteiger partial charge in [0.15, 0.2) is 0 Å². The van der Waals surface area contributed by atoms with Gasteiger partial charge < -0.3 is 15.1 Å². The molecule has 2 aliphatic heterocycles. The molecule has 1 aromatic rings. The maximum absolute atomic E-state index is 4.37. The fourth-order valence-electron chi connectivity index (χ4n) is 3.78. The van der Waals surface area contributed by atoms with Crippen LogP contribution in [0.4, 0.5) is 11.5 Å². The summed E-state index contributed by atoms with van der Waals surface area (Å²) in [5, 5.41) is 3.30. The molecule has 4 heteroatoms. The van der Waals surface area contributed by atoms with Crippen molar-refractivity contribution in [3.8, 4) is 0 Å². The highest BCUT2D eigenvalue weighted by molar-refractivity contribution is 5.54. The van der Waals surface area contributed by atoms with Gasteiger partial charge >= 0.3 is 0 Å². The minimum absolute atomic E-state index is 0.801. The van der Waals surface area contributed by atoms with E-state index in [1.807, 2.05) is 6.20 Å². The summed E-state index contributed by atoms with van der Waals surface area (Å²) in [6, 6.07) is 5.14. The first-order chi connectivity index (χ1) is 9.78. The summed E-state index contributed by atoms with van der Waals surface area (Å²) < 4.78 is 0. The first-order valence-corrected chi connectivity index (χ1v) is 7.93. The first-order valence-electron chi connectivity index (χ1n) is 7.93. The van der Waals surface area contributed by atoms with Crippen molar-refractivity contribution in [3.63, 3.8) is 0 Å². The van der Waals surface area contributed by atoms with Gasteiger partial charge in [0.1, 0.15) is 5.82 Å². The molecule has 2 unspecified atom stereocenters. The normalized spacial score (nSPS) is 27.2. The van der Waals surface area contributed by atoms with Crippen LogP contribution in [0.5, 0.6) is 0 Å². The van der Waals surface area contributed by atoms with E-state index in [4.69, 9.17) is 0 Å². The molecule has 0 amide bonds. The zero-order chi connectivity index (χ0) is 13.9. The smallest absolute Gasteiger partial charge is 0.127 e.